The first kappa shape index (κ1) is 13.6. The Labute approximate surface area is 110 Å². The van der Waals surface area contributed by atoms with Crippen molar-refractivity contribution in [3.63, 3.8) is 0 Å². The van der Waals surface area contributed by atoms with Gasteiger partial charge in [0.2, 0.25) is 0 Å². The monoisotopic (exact) mass is 251 g/mol. The van der Waals surface area contributed by atoms with Gasteiger partial charge in [-0.05, 0) is 30.9 Å². The minimum absolute atomic E-state index is 0.0394. The summed E-state index contributed by atoms with van der Waals surface area (Å²) in [6, 6.07) is 3.98. The quantitative estimate of drug-likeness (QED) is 0.836. The van der Waals surface area contributed by atoms with Crippen molar-refractivity contribution in [2.75, 3.05) is 7.11 Å². The summed E-state index contributed by atoms with van der Waals surface area (Å²) in [4.78, 5) is 0. The molecule has 1 aromatic heterocycles. The minimum Gasteiger partial charge on any atom is -0.462 e. The van der Waals surface area contributed by atoms with Gasteiger partial charge in [-0.2, -0.15) is 0 Å². The number of hydrogen-bond acceptors (Lipinski definition) is 3. The van der Waals surface area contributed by atoms with Crippen LogP contribution in [0.5, 0.6) is 0 Å². The summed E-state index contributed by atoms with van der Waals surface area (Å²) < 4.78 is 10.7. The largest absolute Gasteiger partial charge is 0.462 e. The molecule has 1 heterocycles. The third-order valence-electron chi connectivity index (χ3n) is 3.95. The van der Waals surface area contributed by atoms with Crippen LogP contribution in [0.4, 0.5) is 0 Å². The van der Waals surface area contributed by atoms with E-state index < -0.39 is 0 Å². The molecule has 1 aliphatic rings. The molecule has 0 aliphatic heterocycles. The van der Waals surface area contributed by atoms with Gasteiger partial charge in [-0.15, -0.1) is 0 Å². The minimum atomic E-state index is 0.0394. The van der Waals surface area contributed by atoms with Gasteiger partial charge in [-0.25, -0.2) is 0 Å². The molecule has 1 atom stereocenters. The summed E-state index contributed by atoms with van der Waals surface area (Å²) in [6.07, 6.45) is 9.27. The fourth-order valence-corrected chi connectivity index (χ4v) is 2.85. The second-order valence-corrected chi connectivity index (χ2v) is 5.42. The van der Waals surface area contributed by atoms with E-state index in [4.69, 9.17) is 14.9 Å². The fourth-order valence-electron chi connectivity index (χ4n) is 2.85. The van der Waals surface area contributed by atoms with Gasteiger partial charge in [-0.3, -0.25) is 0 Å². The highest BCUT2D eigenvalue weighted by Crippen LogP contribution is 2.30. The van der Waals surface area contributed by atoms with Crippen LogP contribution in [-0.2, 0) is 11.3 Å². The predicted octanol–water partition coefficient (Wildman–Crippen LogP) is 3.79. The van der Waals surface area contributed by atoms with Crippen LogP contribution >= 0.6 is 0 Å². The first-order valence-electron chi connectivity index (χ1n) is 7.12. The molecule has 0 saturated heterocycles. The molecule has 102 valence electrons. The van der Waals surface area contributed by atoms with Gasteiger partial charge in [-0.1, -0.05) is 32.1 Å². The van der Waals surface area contributed by atoms with Crippen LogP contribution in [0.1, 0.15) is 62.5 Å². The van der Waals surface area contributed by atoms with Gasteiger partial charge in [0.15, 0.2) is 0 Å². The molecule has 1 aliphatic carbocycles. The first-order valence-corrected chi connectivity index (χ1v) is 7.12. The molecule has 18 heavy (non-hydrogen) atoms. The summed E-state index contributed by atoms with van der Waals surface area (Å²) in [7, 11) is 1.67. The van der Waals surface area contributed by atoms with Crippen molar-refractivity contribution in [2.24, 2.45) is 11.7 Å². The summed E-state index contributed by atoms with van der Waals surface area (Å²) >= 11 is 0. The maximum absolute atomic E-state index is 6.19. The molecule has 2 N–H and O–H groups in total. The topological polar surface area (TPSA) is 48.4 Å². The van der Waals surface area contributed by atoms with E-state index in [0.29, 0.717) is 6.61 Å². The first-order chi connectivity index (χ1) is 8.79. The molecule has 1 saturated carbocycles. The number of ether oxygens (including phenoxy) is 1. The van der Waals surface area contributed by atoms with Crippen molar-refractivity contribution in [3.8, 4) is 0 Å². The maximum atomic E-state index is 6.19. The molecule has 0 aromatic carbocycles. The van der Waals surface area contributed by atoms with Crippen LogP contribution in [0.3, 0.4) is 0 Å². The van der Waals surface area contributed by atoms with Gasteiger partial charge in [0.1, 0.15) is 18.1 Å². The van der Waals surface area contributed by atoms with Crippen molar-refractivity contribution < 1.29 is 9.15 Å². The van der Waals surface area contributed by atoms with E-state index in [-0.39, 0.29) is 6.04 Å². The van der Waals surface area contributed by atoms with E-state index in [9.17, 15) is 0 Å². The molecule has 0 bridgehead atoms. The highest BCUT2D eigenvalue weighted by atomic mass is 16.5. The Morgan fingerprint density at radius 3 is 2.83 bits per heavy atom. The molecule has 0 radical (unpaired) electrons. The van der Waals surface area contributed by atoms with E-state index in [0.717, 1.165) is 23.9 Å². The van der Waals surface area contributed by atoms with E-state index in [2.05, 4.69) is 0 Å². The Balaban J connectivity index is 1.77. The van der Waals surface area contributed by atoms with E-state index >= 15 is 0 Å². The van der Waals surface area contributed by atoms with Gasteiger partial charge in [0, 0.05) is 7.11 Å². The number of methoxy groups -OCH3 is 1. The SMILES string of the molecule is COCc1ccc(C(N)CCC2CCCCC2)o1. The highest BCUT2D eigenvalue weighted by Gasteiger charge is 2.17. The van der Waals surface area contributed by atoms with Crippen molar-refractivity contribution in [3.05, 3.63) is 23.7 Å². The molecule has 1 unspecified atom stereocenters. The Kier molecular flexibility index (Phi) is 5.26. The Hall–Kier alpha value is -0.800. The van der Waals surface area contributed by atoms with Gasteiger partial charge in [0.05, 0.1) is 6.04 Å². The van der Waals surface area contributed by atoms with Crippen LogP contribution in [0, 0.1) is 5.92 Å². The fraction of sp³-hybridized carbons (Fsp3) is 0.733. The lowest BCUT2D eigenvalue weighted by atomic mass is 9.85. The number of furan rings is 1. The van der Waals surface area contributed by atoms with Crippen molar-refractivity contribution in [2.45, 2.75) is 57.6 Å². The van der Waals surface area contributed by atoms with Crippen LogP contribution in [-0.4, -0.2) is 7.11 Å². The lowest BCUT2D eigenvalue weighted by Crippen LogP contribution is -2.13. The standard InChI is InChI=1S/C15H25NO2/c1-17-11-13-8-10-15(18-13)14(16)9-7-12-5-3-2-4-6-12/h8,10,12,14H,2-7,9,11,16H2,1H3. The number of rotatable bonds is 6. The van der Waals surface area contributed by atoms with Crippen molar-refractivity contribution in [1.29, 1.82) is 0 Å². The molecular formula is C15H25NO2. The second-order valence-electron chi connectivity index (χ2n) is 5.42. The lowest BCUT2D eigenvalue weighted by molar-refractivity contribution is 0.161. The third-order valence-corrected chi connectivity index (χ3v) is 3.95. The summed E-state index contributed by atoms with van der Waals surface area (Å²) in [5, 5.41) is 0. The van der Waals surface area contributed by atoms with Gasteiger partial charge in [0.25, 0.3) is 0 Å². The second kappa shape index (κ2) is 6.95. The third kappa shape index (κ3) is 3.85. The zero-order valence-corrected chi connectivity index (χ0v) is 11.4. The molecule has 0 spiro atoms. The van der Waals surface area contributed by atoms with E-state index in [1.165, 1.54) is 38.5 Å². The van der Waals surface area contributed by atoms with Gasteiger partial charge >= 0.3 is 0 Å². The molecular weight excluding hydrogens is 226 g/mol. The predicted molar refractivity (Wildman–Crippen MR) is 72.2 cm³/mol. The van der Waals surface area contributed by atoms with Gasteiger partial charge < -0.3 is 14.9 Å². The Bertz CT molecular complexity index is 342. The maximum Gasteiger partial charge on any atom is 0.129 e. The van der Waals surface area contributed by atoms with Crippen LogP contribution in [0.25, 0.3) is 0 Å². The Morgan fingerprint density at radius 2 is 2.11 bits per heavy atom. The smallest absolute Gasteiger partial charge is 0.129 e. The molecule has 0 amide bonds. The molecule has 2 rings (SSSR count). The number of hydrogen-bond donors (Lipinski definition) is 1. The molecule has 1 fully saturated rings. The normalized spacial score (nSPS) is 19.0. The average Bonchev–Trinajstić information content (AvgIpc) is 2.86. The Morgan fingerprint density at radius 1 is 1.33 bits per heavy atom. The van der Waals surface area contributed by atoms with Crippen LogP contribution in [0.2, 0.25) is 0 Å². The molecule has 1 aromatic rings. The van der Waals surface area contributed by atoms with Crippen LogP contribution in [0.15, 0.2) is 16.5 Å². The van der Waals surface area contributed by atoms with Crippen LogP contribution < -0.4 is 5.73 Å². The summed E-state index contributed by atoms with van der Waals surface area (Å²) in [6.45, 7) is 0.523. The lowest BCUT2D eigenvalue weighted by Gasteiger charge is -2.22. The summed E-state index contributed by atoms with van der Waals surface area (Å²) in [5.41, 5.74) is 6.19. The summed E-state index contributed by atoms with van der Waals surface area (Å²) in [5.74, 6) is 2.65. The van der Waals surface area contributed by atoms with E-state index in [1.807, 2.05) is 12.1 Å². The number of nitrogens with two attached hydrogens (primary N) is 1. The average molecular weight is 251 g/mol. The van der Waals surface area contributed by atoms with Crippen molar-refractivity contribution >= 4 is 0 Å². The van der Waals surface area contributed by atoms with E-state index in [1.54, 1.807) is 7.11 Å². The highest BCUT2D eigenvalue weighted by molar-refractivity contribution is 5.09. The molecule has 3 nitrogen and oxygen atoms in total. The molecule has 3 heteroatoms. The van der Waals surface area contributed by atoms with Crippen molar-refractivity contribution in [1.82, 2.24) is 0 Å². The zero-order chi connectivity index (χ0) is 12.8. The zero-order valence-electron chi connectivity index (χ0n) is 11.4.